The van der Waals surface area contributed by atoms with Crippen molar-refractivity contribution in [1.82, 2.24) is 14.8 Å². The van der Waals surface area contributed by atoms with Crippen molar-refractivity contribution in [1.29, 1.82) is 0 Å². The first-order chi connectivity index (χ1) is 15.5. The van der Waals surface area contributed by atoms with Crippen molar-refractivity contribution in [3.8, 4) is 23.0 Å². The van der Waals surface area contributed by atoms with E-state index >= 15 is 0 Å². The molecule has 0 radical (unpaired) electrons. The van der Waals surface area contributed by atoms with Gasteiger partial charge in [-0.05, 0) is 80.4 Å². The number of hydrogen-bond acceptors (Lipinski definition) is 6. The van der Waals surface area contributed by atoms with Gasteiger partial charge in [-0.25, -0.2) is 0 Å². The van der Waals surface area contributed by atoms with Gasteiger partial charge in [-0.3, -0.25) is 9.36 Å². The zero-order valence-electron chi connectivity index (χ0n) is 18.2. The summed E-state index contributed by atoms with van der Waals surface area (Å²) in [6.45, 7) is 6.56. The van der Waals surface area contributed by atoms with Crippen LogP contribution in [0.4, 0.5) is 5.69 Å². The van der Waals surface area contributed by atoms with E-state index in [1.54, 1.807) is 12.3 Å². The van der Waals surface area contributed by atoms with Crippen LogP contribution in [0.25, 0.3) is 17.3 Å². The van der Waals surface area contributed by atoms with Gasteiger partial charge in [0, 0.05) is 5.69 Å². The summed E-state index contributed by atoms with van der Waals surface area (Å²) in [6.07, 6.45) is 1.59. The first-order valence-electron chi connectivity index (χ1n) is 10.3. The molecule has 2 heterocycles. The molecule has 0 saturated heterocycles. The van der Waals surface area contributed by atoms with Crippen LogP contribution in [0.15, 0.2) is 70.4 Å². The molecule has 0 saturated carbocycles. The summed E-state index contributed by atoms with van der Waals surface area (Å²) in [5.74, 6) is 2.03. The van der Waals surface area contributed by atoms with Crippen LogP contribution in [0.3, 0.4) is 0 Å². The van der Waals surface area contributed by atoms with E-state index in [9.17, 15) is 4.79 Å². The third-order valence-electron chi connectivity index (χ3n) is 4.62. The summed E-state index contributed by atoms with van der Waals surface area (Å²) in [4.78, 5) is 12.6. The monoisotopic (exact) mass is 448 g/mol. The van der Waals surface area contributed by atoms with E-state index < -0.39 is 0 Å². The number of hydrogen-bond donors (Lipinski definition) is 1. The van der Waals surface area contributed by atoms with E-state index in [1.165, 1.54) is 11.8 Å². The molecule has 0 bridgehead atoms. The van der Waals surface area contributed by atoms with E-state index in [2.05, 4.69) is 21.6 Å². The van der Waals surface area contributed by atoms with Gasteiger partial charge in [-0.2, -0.15) is 0 Å². The number of nitrogens with zero attached hydrogens (tertiary/aromatic N) is 3. The van der Waals surface area contributed by atoms with Crippen LogP contribution in [0.1, 0.15) is 18.1 Å². The predicted octanol–water partition coefficient (Wildman–Crippen LogP) is 5.27. The number of amides is 1. The maximum Gasteiger partial charge on any atom is 0.234 e. The molecule has 2 aromatic heterocycles. The highest BCUT2D eigenvalue weighted by Gasteiger charge is 2.19. The molecule has 4 aromatic rings. The molecular formula is C24H24N4O3S. The van der Waals surface area contributed by atoms with Gasteiger partial charge in [0.25, 0.3) is 0 Å². The second-order valence-corrected chi connectivity index (χ2v) is 8.20. The van der Waals surface area contributed by atoms with Gasteiger partial charge >= 0.3 is 0 Å². The number of rotatable bonds is 8. The fraction of sp³-hybridized carbons (Fsp3) is 0.208. The normalized spacial score (nSPS) is 10.8. The van der Waals surface area contributed by atoms with Crippen LogP contribution in [0, 0.1) is 13.8 Å². The number of benzene rings is 2. The summed E-state index contributed by atoms with van der Waals surface area (Å²) < 4.78 is 13.0. The lowest BCUT2D eigenvalue weighted by Crippen LogP contribution is -2.14. The molecule has 1 amide bonds. The van der Waals surface area contributed by atoms with Gasteiger partial charge in [0.05, 0.1) is 24.3 Å². The molecule has 7 nitrogen and oxygen atoms in total. The van der Waals surface area contributed by atoms with Crippen molar-refractivity contribution in [2.24, 2.45) is 0 Å². The first-order valence-corrected chi connectivity index (χ1v) is 11.3. The zero-order chi connectivity index (χ0) is 22.5. The molecule has 32 heavy (non-hydrogen) atoms. The Labute approximate surface area is 190 Å². The number of aromatic nitrogens is 3. The van der Waals surface area contributed by atoms with Crippen LogP contribution in [-0.4, -0.2) is 33.0 Å². The van der Waals surface area contributed by atoms with Crippen LogP contribution < -0.4 is 10.1 Å². The minimum atomic E-state index is -0.110. The molecule has 0 unspecified atom stereocenters. The summed E-state index contributed by atoms with van der Waals surface area (Å²) in [5, 5.41) is 12.2. The Kier molecular flexibility index (Phi) is 6.61. The van der Waals surface area contributed by atoms with Gasteiger partial charge in [-0.1, -0.05) is 17.8 Å². The van der Waals surface area contributed by atoms with Gasteiger partial charge in [-0.15, -0.1) is 10.2 Å². The lowest BCUT2D eigenvalue weighted by molar-refractivity contribution is -0.113. The molecule has 1 N–H and O–H groups in total. The minimum absolute atomic E-state index is 0.110. The Morgan fingerprint density at radius 1 is 1.09 bits per heavy atom. The summed E-state index contributed by atoms with van der Waals surface area (Å²) in [6, 6.07) is 17.3. The van der Waals surface area contributed by atoms with E-state index in [1.807, 2.05) is 67.8 Å². The molecular weight excluding hydrogens is 424 g/mol. The van der Waals surface area contributed by atoms with Crippen LogP contribution in [-0.2, 0) is 4.79 Å². The molecule has 0 aliphatic rings. The highest BCUT2D eigenvalue weighted by molar-refractivity contribution is 7.99. The molecule has 2 aromatic carbocycles. The molecule has 0 spiro atoms. The van der Waals surface area contributed by atoms with Crippen molar-refractivity contribution < 1.29 is 13.9 Å². The minimum Gasteiger partial charge on any atom is -0.494 e. The molecule has 4 rings (SSSR count). The maximum atomic E-state index is 12.6. The van der Waals surface area contributed by atoms with E-state index in [0.29, 0.717) is 23.3 Å². The fourth-order valence-corrected chi connectivity index (χ4v) is 4.15. The summed E-state index contributed by atoms with van der Waals surface area (Å²) in [5.41, 5.74) is 3.84. The van der Waals surface area contributed by atoms with E-state index in [0.717, 1.165) is 28.3 Å². The number of furan rings is 1. The predicted molar refractivity (Wildman–Crippen MR) is 125 cm³/mol. The Morgan fingerprint density at radius 2 is 1.84 bits per heavy atom. The van der Waals surface area contributed by atoms with Gasteiger partial charge < -0.3 is 14.5 Å². The van der Waals surface area contributed by atoms with Crippen molar-refractivity contribution >= 4 is 23.4 Å². The highest BCUT2D eigenvalue weighted by atomic mass is 32.2. The maximum absolute atomic E-state index is 12.6. The lowest BCUT2D eigenvalue weighted by atomic mass is 10.1. The average molecular weight is 449 g/mol. The molecule has 0 atom stereocenters. The van der Waals surface area contributed by atoms with Crippen LogP contribution >= 0.6 is 11.8 Å². The Hall–Kier alpha value is -3.52. The van der Waals surface area contributed by atoms with Crippen LogP contribution in [0.5, 0.6) is 5.75 Å². The molecule has 164 valence electrons. The average Bonchev–Trinajstić information content (AvgIpc) is 3.42. The van der Waals surface area contributed by atoms with Gasteiger partial charge in [0.2, 0.25) is 11.7 Å². The second-order valence-electron chi connectivity index (χ2n) is 7.26. The number of carbonyl (C=O) groups is 1. The van der Waals surface area contributed by atoms with E-state index in [4.69, 9.17) is 9.15 Å². The van der Waals surface area contributed by atoms with Gasteiger partial charge in [0.1, 0.15) is 5.75 Å². The summed E-state index contributed by atoms with van der Waals surface area (Å²) >= 11 is 1.31. The van der Waals surface area contributed by atoms with E-state index in [-0.39, 0.29) is 11.7 Å². The number of aryl methyl sites for hydroxylation is 2. The highest BCUT2D eigenvalue weighted by Crippen LogP contribution is 2.29. The number of nitrogens with one attached hydrogen (secondary N) is 1. The molecule has 0 aliphatic carbocycles. The third kappa shape index (κ3) is 5.03. The van der Waals surface area contributed by atoms with Crippen molar-refractivity contribution in [2.75, 3.05) is 17.7 Å². The number of ether oxygens (including phenoxy) is 1. The first kappa shape index (κ1) is 21.7. The zero-order valence-corrected chi connectivity index (χ0v) is 19.0. The van der Waals surface area contributed by atoms with Crippen molar-refractivity contribution in [3.63, 3.8) is 0 Å². The quantitative estimate of drug-likeness (QED) is 0.370. The number of carbonyl (C=O) groups excluding carboxylic acids is 1. The van der Waals surface area contributed by atoms with Crippen molar-refractivity contribution in [3.05, 3.63) is 72.0 Å². The van der Waals surface area contributed by atoms with Crippen LogP contribution in [0.2, 0.25) is 0 Å². The largest absolute Gasteiger partial charge is 0.494 e. The molecule has 0 aliphatic heterocycles. The second kappa shape index (κ2) is 9.74. The Morgan fingerprint density at radius 3 is 2.50 bits per heavy atom. The molecule has 8 heteroatoms. The topological polar surface area (TPSA) is 82.2 Å². The Bertz CT molecular complexity index is 1180. The molecule has 0 fully saturated rings. The third-order valence-corrected chi connectivity index (χ3v) is 5.55. The SMILES string of the molecule is CCOc1ccc(-n2c(SCC(=O)Nc3cc(C)cc(C)c3)nnc2-c2ccco2)cc1. The van der Waals surface area contributed by atoms with Crippen molar-refractivity contribution in [2.45, 2.75) is 25.9 Å². The Balaban J connectivity index is 1.56. The van der Waals surface area contributed by atoms with Gasteiger partial charge in [0.15, 0.2) is 10.9 Å². The smallest absolute Gasteiger partial charge is 0.234 e. The number of anilines is 1. The number of thioether (sulfide) groups is 1. The standard InChI is InChI=1S/C24H24N4O3S/c1-4-30-20-9-7-19(8-10-20)28-23(21-6-5-11-31-21)26-27-24(28)32-15-22(29)25-18-13-16(2)12-17(3)14-18/h5-14H,4,15H2,1-3H3,(H,25,29). The summed E-state index contributed by atoms with van der Waals surface area (Å²) in [7, 11) is 0. The fourth-order valence-electron chi connectivity index (χ4n) is 3.39. The lowest BCUT2D eigenvalue weighted by Gasteiger charge is -2.11.